The van der Waals surface area contributed by atoms with Gasteiger partial charge in [0.15, 0.2) is 0 Å². The zero-order chi connectivity index (χ0) is 9.19. The topological polar surface area (TPSA) is 54.4 Å². The third-order valence-corrected chi connectivity index (χ3v) is 2.17. The molecule has 1 aromatic rings. The van der Waals surface area contributed by atoms with E-state index in [4.69, 9.17) is 4.55 Å². The first-order valence-corrected chi connectivity index (χ1v) is 5.09. The fraction of sp³-hybridized carbons (Fsp3) is 0.250. The second kappa shape index (κ2) is 5.12. The van der Waals surface area contributed by atoms with Crippen LogP contribution in [0.25, 0.3) is 0 Å². The minimum atomic E-state index is -3.89. The second-order valence-corrected chi connectivity index (χ2v) is 4.16. The van der Waals surface area contributed by atoms with Gasteiger partial charge in [0.1, 0.15) is 5.75 Å². The predicted octanol–water partition coefficient (Wildman–Crippen LogP) is 0.734. The van der Waals surface area contributed by atoms with E-state index in [1.807, 2.05) is 6.92 Å². The molecule has 68 valence electrons. The number of hydrogen-bond acceptors (Lipinski definition) is 2. The van der Waals surface area contributed by atoms with Gasteiger partial charge in [0.2, 0.25) is 0 Å². The second-order valence-electron chi connectivity index (χ2n) is 2.71. The summed E-state index contributed by atoms with van der Waals surface area (Å²) in [5, 5.41) is 0. The molecule has 1 aromatic carbocycles. The number of rotatable bonds is 2. The maximum absolute atomic E-state index is 10.4. The molecule has 0 unspecified atom stereocenters. The molecule has 0 radical (unpaired) electrons. The summed E-state index contributed by atoms with van der Waals surface area (Å²) < 4.78 is 29.4. The molecule has 13 heavy (non-hydrogen) atoms. The molecule has 0 spiro atoms. The van der Waals surface area contributed by atoms with E-state index in [2.05, 4.69) is 0 Å². The molecule has 3 nitrogen and oxygen atoms in total. The van der Waals surface area contributed by atoms with Crippen LogP contribution in [-0.4, -0.2) is 42.5 Å². The zero-order valence-electron chi connectivity index (χ0n) is 6.69. The van der Waals surface area contributed by atoms with E-state index < -0.39 is 10.1 Å². The molecule has 0 saturated carbocycles. The van der Waals surface area contributed by atoms with Gasteiger partial charge >= 0.3 is 29.6 Å². The average molecular weight is 210 g/mol. The van der Waals surface area contributed by atoms with Crippen molar-refractivity contribution in [3.05, 3.63) is 35.4 Å². The third kappa shape index (κ3) is 5.44. The molecule has 5 heteroatoms. The van der Waals surface area contributed by atoms with E-state index in [1.54, 1.807) is 24.3 Å². The van der Waals surface area contributed by atoms with E-state index in [-0.39, 0.29) is 35.3 Å². The molecule has 0 fully saturated rings. The van der Waals surface area contributed by atoms with Crippen LogP contribution in [-0.2, 0) is 15.9 Å². The van der Waals surface area contributed by atoms with Crippen molar-refractivity contribution in [2.24, 2.45) is 0 Å². The van der Waals surface area contributed by atoms with E-state index >= 15 is 0 Å². The predicted molar refractivity (Wildman–Crippen MR) is 53.6 cm³/mol. The van der Waals surface area contributed by atoms with Crippen LogP contribution in [0.5, 0.6) is 0 Å². The van der Waals surface area contributed by atoms with E-state index in [0.717, 1.165) is 5.56 Å². The van der Waals surface area contributed by atoms with Crippen LogP contribution in [0.3, 0.4) is 0 Å². The minimum absolute atomic E-state index is 0. The third-order valence-electron chi connectivity index (χ3n) is 1.47. The SMILES string of the molecule is Cc1ccc(CS(=O)(=O)O)cc1.[NaH]. The van der Waals surface area contributed by atoms with Gasteiger partial charge in [-0.3, -0.25) is 4.55 Å². The van der Waals surface area contributed by atoms with Crippen LogP contribution in [0.1, 0.15) is 11.1 Å². The van der Waals surface area contributed by atoms with Gasteiger partial charge in [0.25, 0.3) is 10.1 Å². The molecule has 0 aliphatic heterocycles. The van der Waals surface area contributed by atoms with Gasteiger partial charge in [-0.25, -0.2) is 0 Å². The molecule has 1 N–H and O–H groups in total. The Morgan fingerprint density at radius 3 is 2.08 bits per heavy atom. The van der Waals surface area contributed by atoms with Gasteiger partial charge in [-0.2, -0.15) is 8.42 Å². The van der Waals surface area contributed by atoms with Crippen LogP contribution in [0, 0.1) is 6.92 Å². The molecular formula is C8H11NaO3S. The zero-order valence-corrected chi connectivity index (χ0v) is 7.50. The molecule has 0 bridgehead atoms. The molecule has 0 aromatic heterocycles. The summed E-state index contributed by atoms with van der Waals surface area (Å²) in [4.78, 5) is 0. The normalized spacial score (nSPS) is 10.6. The molecule has 0 saturated heterocycles. The fourth-order valence-corrected chi connectivity index (χ4v) is 1.51. The van der Waals surface area contributed by atoms with Crippen LogP contribution >= 0.6 is 0 Å². The summed E-state index contributed by atoms with van der Waals surface area (Å²) in [6, 6.07) is 6.98. The van der Waals surface area contributed by atoms with Crippen molar-refractivity contribution in [3.8, 4) is 0 Å². The Kier molecular flexibility index (Phi) is 5.17. The Bertz CT molecular complexity index is 355. The van der Waals surface area contributed by atoms with Crippen LogP contribution in [0.15, 0.2) is 24.3 Å². The Balaban J connectivity index is 0.00000144. The Morgan fingerprint density at radius 1 is 1.23 bits per heavy atom. The van der Waals surface area contributed by atoms with Gasteiger partial charge in [0, 0.05) is 0 Å². The summed E-state index contributed by atoms with van der Waals surface area (Å²) in [5.41, 5.74) is 1.66. The maximum atomic E-state index is 10.4. The van der Waals surface area contributed by atoms with Crippen molar-refractivity contribution in [1.29, 1.82) is 0 Å². The Hall–Kier alpha value is 0.130. The molecule has 0 atom stereocenters. The van der Waals surface area contributed by atoms with Crippen molar-refractivity contribution in [1.82, 2.24) is 0 Å². The average Bonchev–Trinajstić information content (AvgIpc) is 1.91. The van der Waals surface area contributed by atoms with E-state index in [9.17, 15) is 8.42 Å². The standard InChI is InChI=1S/C8H10O3S.Na.H/c1-7-2-4-8(5-3-7)6-12(9,10)11;;/h2-5H,6H2,1H3,(H,9,10,11);;. The summed E-state index contributed by atoms with van der Waals surface area (Å²) >= 11 is 0. The monoisotopic (exact) mass is 210 g/mol. The Morgan fingerprint density at radius 2 is 1.69 bits per heavy atom. The fourth-order valence-electron chi connectivity index (χ4n) is 0.895. The van der Waals surface area contributed by atoms with Crippen LogP contribution in [0.4, 0.5) is 0 Å². The van der Waals surface area contributed by atoms with Crippen molar-refractivity contribution in [2.45, 2.75) is 12.7 Å². The van der Waals surface area contributed by atoms with Gasteiger partial charge in [-0.1, -0.05) is 29.8 Å². The summed E-state index contributed by atoms with van der Waals surface area (Å²) in [5.74, 6) is -0.312. The van der Waals surface area contributed by atoms with Gasteiger partial charge in [0.05, 0.1) is 0 Å². The first-order chi connectivity index (χ1) is 5.47. The molecule has 0 heterocycles. The van der Waals surface area contributed by atoms with Crippen molar-refractivity contribution < 1.29 is 13.0 Å². The molecular weight excluding hydrogens is 199 g/mol. The van der Waals surface area contributed by atoms with Crippen molar-refractivity contribution in [3.63, 3.8) is 0 Å². The summed E-state index contributed by atoms with van der Waals surface area (Å²) in [6.07, 6.45) is 0. The number of hydrogen-bond donors (Lipinski definition) is 1. The van der Waals surface area contributed by atoms with Crippen molar-refractivity contribution in [2.75, 3.05) is 0 Å². The molecule has 0 aliphatic carbocycles. The van der Waals surface area contributed by atoms with Crippen LogP contribution in [0.2, 0.25) is 0 Å². The van der Waals surface area contributed by atoms with Crippen molar-refractivity contribution >= 4 is 39.7 Å². The van der Waals surface area contributed by atoms with Crippen LogP contribution < -0.4 is 0 Å². The van der Waals surface area contributed by atoms with E-state index in [0.29, 0.717) is 5.56 Å². The van der Waals surface area contributed by atoms with E-state index in [1.165, 1.54) is 0 Å². The summed E-state index contributed by atoms with van der Waals surface area (Å²) in [6.45, 7) is 1.91. The molecule has 0 aliphatic rings. The first-order valence-electron chi connectivity index (χ1n) is 3.48. The summed E-state index contributed by atoms with van der Waals surface area (Å²) in [7, 11) is -3.89. The van der Waals surface area contributed by atoms with Gasteiger partial charge < -0.3 is 0 Å². The molecule has 0 amide bonds. The quantitative estimate of drug-likeness (QED) is 0.578. The van der Waals surface area contributed by atoms with Gasteiger partial charge in [-0.05, 0) is 12.5 Å². The van der Waals surface area contributed by atoms with Gasteiger partial charge in [-0.15, -0.1) is 0 Å². The molecule has 1 rings (SSSR count). The number of aryl methyl sites for hydroxylation is 1. The first kappa shape index (κ1) is 13.1. The Labute approximate surface area is 100 Å². The number of benzene rings is 1.